The second-order valence-corrected chi connectivity index (χ2v) is 6.17. The smallest absolute Gasteiger partial charge is 0.251 e. The predicted octanol–water partition coefficient (Wildman–Crippen LogP) is 1.21. The van der Waals surface area contributed by atoms with Gasteiger partial charge < -0.3 is 9.73 Å². The minimum atomic E-state index is -3.83. The van der Waals surface area contributed by atoms with Crippen LogP contribution in [0, 0.1) is 6.92 Å². The minimum Gasteiger partial charge on any atom is -0.469 e. The summed E-state index contributed by atoms with van der Waals surface area (Å²) in [5.74, 6) is 0.426. The Hall–Kier alpha value is -2.12. The number of carbonyl (C=O) groups excluding carboxylic acids is 1. The Morgan fingerprint density at radius 2 is 2.10 bits per heavy atom. The number of hydrogen-bond donors (Lipinski definition) is 2. The van der Waals surface area contributed by atoms with Gasteiger partial charge in [-0.1, -0.05) is 6.07 Å². The van der Waals surface area contributed by atoms with Gasteiger partial charge in [-0.15, -0.1) is 0 Å². The molecular formula is C14H16N2O4S. The van der Waals surface area contributed by atoms with Crippen molar-refractivity contribution in [3.8, 4) is 0 Å². The van der Waals surface area contributed by atoms with Gasteiger partial charge >= 0.3 is 0 Å². The number of amides is 1. The average molecular weight is 308 g/mol. The molecule has 0 radical (unpaired) electrons. The molecule has 0 saturated heterocycles. The van der Waals surface area contributed by atoms with Gasteiger partial charge in [-0.25, -0.2) is 13.6 Å². The quantitative estimate of drug-likeness (QED) is 0.866. The SMILES string of the molecule is Cc1ccc(S(N)(=O)=O)cc1C(=O)NCCc1ccco1. The molecule has 0 fully saturated rings. The summed E-state index contributed by atoms with van der Waals surface area (Å²) in [5.41, 5.74) is 0.971. The molecule has 0 aliphatic carbocycles. The van der Waals surface area contributed by atoms with Crippen LogP contribution in [0.25, 0.3) is 0 Å². The molecule has 1 heterocycles. The molecule has 0 unspecified atom stereocenters. The summed E-state index contributed by atoms with van der Waals surface area (Å²) in [6.45, 7) is 2.12. The van der Waals surface area contributed by atoms with E-state index in [0.29, 0.717) is 24.1 Å². The van der Waals surface area contributed by atoms with Gasteiger partial charge in [0.15, 0.2) is 0 Å². The number of nitrogens with two attached hydrogens (primary N) is 1. The largest absolute Gasteiger partial charge is 0.469 e. The summed E-state index contributed by atoms with van der Waals surface area (Å²) in [5, 5.41) is 7.79. The van der Waals surface area contributed by atoms with Crippen LogP contribution in [0.2, 0.25) is 0 Å². The third kappa shape index (κ3) is 3.93. The van der Waals surface area contributed by atoms with Crippen LogP contribution < -0.4 is 10.5 Å². The Labute approximate surface area is 123 Å². The van der Waals surface area contributed by atoms with Crippen LogP contribution in [0.1, 0.15) is 21.7 Å². The van der Waals surface area contributed by atoms with Crippen LogP contribution in [0.4, 0.5) is 0 Å². The molecule has 1 aromatic carbocycles. The van der Waals surface area contributed by atoms with Crippen LogP contribution >= 0.6 is 0 Å². The van der Waals surface area contributed by atoms with Crippen LogP contribution in [0.5, 0.6) is 0 Å². The molecule has 6 nitrogen and oxygen atoms in total. The Morgan fingerprint density at radius 1 is 1.33 bits per heavy atom. The zero-order chi connectivity index (χ0) is 15.5. The van der Waals surface area contributed by atoms with Gasteiger partial charge in [0.05, 0.1) is 11.2 Å². The molecule has 21 heavy (non-hydrogen) atoms. The van der Waals surface area contributed by atoms with Crippen LogP contribution in [-0.4, -0.2) is 20.9 Å². The molecule has 112 valence electrons. The summed E-state index contributed by atoms with van der Waals surface area (Å²) in [6.07, 6.45) is 2.13. The van der Waals surface area contributed by atoms with E-state index >= 15 is 0 Å². The number of benzene rings is 1. The number of rotatable bonds is 5. The highest BCUT2D eigenvalue weighted by Gasteiger charge is 2.14. The Bertz CT molecular complexity index is 736. The van der Waals surface area contributed by atoms with Gasteiger partial charge in [0, 0.05) is 18.5 Å². The van der Waals surface area contributed by atoms with E-state index in [1.807, 2.05) is 6.07 Å². The van der Waals surface area contributed by atoms with Gasteiger partial charge in [0.25, 0.3) is 5.91 Å². The lowest BCUT2D eigenvalue weighted by molar-refractivity contribution is 0.0953. The van der Waals surface area contributed by atoms with Gasteiger partial charge in [-0.3, -0.25) is 4.79 Å². The first-order valence-corrected chi connectivity index (χ1v) is 7.86. The van der Waals surface area contributed by atoms with E-state index in [-0.39, 0.29) is 10.8 Å². The number of primary sulfonamides is 1. The van der Waals surface area contributed by atoms with E-state index in [1.165, 1.54) is 12.1 Å². The summed E-state index contributed by atoms with van der Waals surface area (Å²) in [7, 11) is -3.83. The number of furan rings is 1. The monoisotopic (exact) mass is 308 g/mol. The molecule has 3 N–H and O–H groups in total. The number of nitrogens with one attached hydrogen (secondary N) is 1. The highest BCUT2D eigenvalue weighted by atomic mass is 32.2. The first-order valence-electron chi connectivity index (χ1n) is 6.32. The third-order valence-electron chi connectivity index (χ3n) is 3.02. The Morgan fingerprint density at radius 3 is 2.71 bits per heavy atom. The standard InChI is InChI=1S/C14H16N2O4S/c1-10-4-5-12(21(15,18)19)9-13(10)14(17)16-7-6-11-3-2-8-20-11/h2-5,8-9H,6-7H2,1H3,(H,16,17)(H2,15,18,19). The van der Waals surface area contributed by atoms with Crippen molar-refractivity contribution in [3.63, 3.8) is 0 Å². The lowest BCUT2D eigenvalue weighted by atomic mass is 10.1. The van der Waals surface area contributed by atoms with Crippen molar-refractivity contribution in [2.24, 2.45) is 5.14 Å². The van der Waals surface area contributed by atoms with E-state index in [1.54, 1.807) is 25.3 Å². The van der Waals surface area contributed by atoms with Crippen molar-refractivity contribution in [1.29, 1.82) is 0 Å². The van der Waals surface area contributed by atoms with E-state index in [9.17, 15) is 13.2 Å². The third-order valence-corrected chi connectivity index (χ3v) is 3.93. The number of carbonyl (C=O) groups is 1. The number of sulfonamides is 1. The maximum atomic E-state index is 12.1. The average Bonchev–Trinajstić information content (AvgIpc) is 2.91. The van der Waals surface area contributed by atoms with Crippen molar-refractivity contribution >= 4 is 15.9 Å². The second kappa shape index (κ2) is 6.11. The topological polar surface area (TPSA) is 102 Å². The molecule has 0 aliphatic heterocycles. The highest BCUT2D eigenvalue weighted by molar-refractivity contribution is 7.89. The normalized spacial score (nSPS) is 11.3. The van der Waals surface area contributed by atoms with E-state index < -0.39 is 10.0 Å². The summed E-state index contributed by atoms with van der Waals surface area (Å²) < 4.78 is 27.8. The molecule has 2 rings (SSSR count). The molecule has 1 amide bonds. The number of aryl methyl sites for hydroxylation is 1. The molecule has 0 bridgehead atoms. The van der Waals surface area contributed by atoms with Gasteiger partial charge in [0.1, 0.15) is 5.76 Å². The van der Waals surface area contributed by atoms with Crippen molar-refractivity contribution in [2.75, 3.05) is 6.54 Å². The minimum absolute atomic E-state index is 0.0794. The molecule has 2 aromatic rings. The van der Waals surface area contributed by atoms with Crippen LogP contribution in [0.15, 0.2) is 45.9 Å². The van der Waals surface area contributed by atoms with E-state index in [4.69, 9.17) is 9.56 Å². The molecule has 7 heteroatoms. The van der Waals surface area contributed by atoms with Crippen molar-refractivity contribution in [3.05, 3.63) is 53.5 Å². The van der Waals surface area contributed by atoms with Gasteiger partial charge in [-0.05, 0) is 36.8 Å². The van der Waals surface area contributed by atoms with E-state index in [0.717, 1.165) is 5.76 Å². The highest BCUT2D eigenvalue weighted by Crippen LogP contribution is 2.14. The van der Waals surface area contributed by atoms with Crippen molar-refractivity contribution < 1.29 is 17.6 Å². The zero-order valence-electron chi connectivity index (χ0n) is 11.5. The van der Waals surface area contributed by atoms with Gasteiger partial charge in [-0.2, -0.15) is 0 Å². The molecule has 1 aromatic heterocycles. The molecule has 0 spiro atoms. The molecule has 0 saturated carbocycles. The second-order valence-electron chi connectivity index (χ2n) is 4.61. The summed E-state index contributed by atoms with van der Waals surface area (Å²) in [4.78, 5) is 12.0. The fourth-order valence-electron chi connectivity index (χ4n) is 1.87. The summed E-state index contributed by atoms with van der Waals surface area (Å²) >= 11 is 0. The lowest BCUT2D eigenvalue weighted by Crippen LogP contribution is -2.26. The fourth-order valence-corrected chi connectivity index (χ4v) is 2.41. The predicted molar refractivity (Wildman–Crippen MR) is 77.3 cm³/mol. The van der Waals surface area contributed by atoms with E-state index in [2.05, 4.69) is 5.32 Å². The molecular weight excluding hydrogens is 292 g/mol. The molecule has 0 atom stereocenters. The van der Waals surface area contributed by atoms with Gasteiger partial charge in [0.2, 0.25) is 10.0 Å². The zero-order valence-corrected chi connectivity index (χ0v) is 12.3. The first kappa shape index (κ1) is 15.3. The Kier molecular flexibility index (Phi) is 4.44. The molecule has 0 aliphatic rings. The lowest BCUT2D eigenvalue weighted by Gasteiger charge is -2.08. The Balaban J connectivity index is 2.08. The van der Waals surface area contributed by atoms with Crippen LogP contribution in [-0.2, 0) is 16.4 Å². The maximum absolute atomic E-state index is 12.1. The number of hydrogen-bond acceptors (Lipinski definition) is 4. The first-order chi connectivity index (χ1) is 9.88. The van der Waals surface area contributed by atoms with Crippen molar-refractivity contribution in [2.45, 2.75) is 18.2 Å². The van der Waals surface area contributed by atoms with Crippen molar-refractivity contribution in [1.82, 2.24) is 5.32 Å². The van der Waals surface area contributed by atoms with Crippen LogP contribution in [0.3, 0.4) is 0 Å². The maximum Gasteiger partial charge on any atom is 0.251 e. The summed E-state index contributed by atoms with van der Waals surface area (Å²) in [6, 6.07) is 7.81. The fraction of sp³-hybridized carbons (Fsp3) is 0.214.